The van der Waals surface area contributed by atoms with Gasteiger partial charge in [0.25, 0.3) is 0 Å². The Balaban J connectivity index is 1.90. The SMILES string of the molecule is O=C(O)CNC(=O)CN(Cc1cccc(Br)c1)C1CC1. The summed E-state index contributed by atoms with van der Waals surface area (Å²) in [5, 5.41) is 11.0. The number of carboxylic acids is 1. The molecule has 1 aliphatic rings. The Labute approximate surface area is 126 Å². The number of amides is 1. The number of nitrogens with zero attached hydrogens (tertiary/aromatic N) is 1. The normalized spacial score (nSPS) is 14.3. The minimum absolute atomic E-state index is 0.241. The molecule has 6 heteroatoms. The molecule has 0 spiro atoms. The third-order valence-electron chi connectivity index (χ3n) is 3.12. The predicted octanol–water partition coefficient (Wildman–Crippen LogP) is 1.61. The summed E-state index contributed by atoms with van der Waals surface area (Å²) in [7, 11) is 0. The van der Waals surface area contributed by atoms with Crippen molar-refractivity contribution in [3.63, 3.8) is 0 Å². The summed E-state index contributed by atoms with van der Waals surface area (Å²) in [5.74, 6) is -1.27. The second-order valence-electron chi connectivity index (χ2n) is 4.94. The quantitative estimate of drug-likeness (QED) is 0.791. The van der Waals surface area contributed by atoms with Crippen molar-refractivity contribution in [2.45, 2.75) is 25.4 Å². The number of carboxylic acid groups (broad SMARTS) is 1. The molecule has 0 heterocycles. The smallest absolute Gasteiger partial charge is 0.322 e. The Morgan fingerprint density at radius 3 is 2.75 bits per heavy atom. The molecule has 108 valence electrons. The molecular weight excluding hydrogens is 324 g/mol. The molecule has 1 saturated carbocycles. The van der Waals surface area contributed by atoms with Crippen molar-refractivity contribution in [3.8, 4) is 0 Å². The van der Waals surface area contributed by atoms with E-state index in [1.165, 1.54) is 0 Å². The van der Waals surface area contributed by atoms with Gasteiger partial charge in [0.05, 0.1) is 6.54 Å². The molecule has 1 aromatic carbocycles. The molecule has 0 aromatic heterocycles. The molecule has 20 heavy (non-hydrogen) atoms. The number of carbonyl (C=O) groups excluding carboxylic acids is 1. The summed E-state index contributed by atoms with van der Waals surface area (Å²) in [6.07, 6.45) is 2.19. The van der Waals surface area contributed by atoms with Gasteiger partial charge in [-0.25, -0.2) is 0 Å². The standard InChI is InChI=1S/C14H17BrN2O3/c15-11-3-1-2-10(6-11)8-17(12-4-5-12)9-13(18)16-7-14(19)20/h1-3,6,12H,4-5,7-9H2,(H,16,18)(H,19,20). The van der Waals surface area contributed by atoms with E-state index in [1.54, 1.807) is 0 Å². The lowest BCUT2D eigenvalue weighted by atomic mass is 10.2. The average Bonchev–Trinajstić information content (AvgIpc) is 3.20. The van der Waals surface area contributed by atoms with Crippen molar-refractivity contribution in [2.24, 2.45) is 0 Å². The van der Waals surface area contributed by atoms with Gasteiger partial charge in [0.1, 0.15) is 6.54 Å². The third kappa shape index (κ3) is 4.94. The zero-order valence-electron chi connectivity index (χ0n) is 11.0. The van der Waals surface area contributed by atoms with E-state index in [-0.39, 0.29) is 19.0 Å². The Kier molecular flexibility index (Phi) is 5.14. The molecule has 1 fully saturated rings. The molecule has 1 amide bonds. The van der Waals surface area contributed by atoms with Crippen LogP contribution in [0.1, 0.15) is 18.4 Å². The van der Waals surface area contributed by atoms with Crippen molar-refractivity contribution in [1.82, 2.24) is 10.2 Å². The Hall–Kier alpha value is -1.40. The van der Waals surface area contributed by atoms with E-state index in [0.29, 0.717) is 12.6 Å². The molecule has 1 aromatic rings. The van der Waals surface area contributed by atoms with Gasteiger partial charge in [0.15, 0.2) is 0 Å². The number of benzene rings is 1. The molecule has 0 atom stereocenters. The highest BCUT2D eigenvalue weighted by atomic mass is 79.9. The number of nitrogens with one attached hydrogen (secondary N) is 1. The monoisotopic (exact) mass is 340 g/mol. The highest BCUT2D eigenvalue weighted by Crippen LogP contribution is 2.28. The van der Waals surface area contributed by atoms with Crippen molar-refractivity contribution >= 4 is 27.8 Å². The average molecular weight is 341 g/mol. The summed E-state index contributed by atoms with van der Waals surface area (Å²) >= 11 is 3.43. The first kappa shape index (κ1) is 15.0. The van der Waals surface area contributed by atoms with E-state index in [4.69, 9.17) is 5.11 Å². The number of aliphatic carboxylic acids is 1. The number of rotatable bonds is 7. The van der Waals surface area contributed by atoms with Crippen LogP contribution < -0.4 is 5.32 Å². The second-order valence-corrected chi connectivity index (χ2v) is 5.85. The molecule has 2 rings (SSSR count). The van der Waals surface area contributed by atoms with Crippen LogP contribution in [0.5, 0.6) is 0 Å². The molecule has 0 radical (unpaired) electrons. The molecular formula is C14H17BrN2O3. The van der Waals surface area contributed by atoms with Gasteiger partial charge in [-0.05, 0) is 30.5 Å². The maximum atomic E-state index is 11.7. The van der Waals surface area contributed by atoms with Crippen LogP contribution in [0.15, 0.2) is 28.7 Å². The summed E-state index contributed by atoms with van der Waals surface area (Å²) in [4.78, 5) is 24.2. The van der Waals surface area contributed by atoms with E-state index < -0.39 is 5.97 Å². The first-order chi connectivity index (χ1) is 9.54. The van der Waals surface area contributed by atoms with E-state index in [0.717, 1.165) is 22.9 Å². The Morgan fingerprint density at radius 1 is 1.40 bits per heavy atom. The van der Waals surface area contributed by atoms with Gasteiger partial charge in [0.2, 0.25) is 5.91 Å². The molecule has 1 aliphatic carbocycles. The maximum absolute atomic E-state index is 11.7. The molecule has 2 N–H and O–H groups in total. The Bertz CT molecular complexity index is 503. The van der Waals surface area contributed by atoms with Crippen molar-refractivity contribution in [3.05, 3.63) is 34.3 Å². The van der Waals surface area contributed by atoms with Crippen LogP contribution >= 0.6 is 15.9 Å². The lowest BCUT2D eigenvalue weighted by molar-refractivity contribution is -0.138. The van der Waals surface area contributed by atoms with Gasteiger partial charge in [-0.3, -0.25) is 14.5 Å². The summed E-state index contributed by atoms with van der Waals surface area (Å²) < 4.78 is 1.01. The number of hydrogen-bond donors (Lipinski definition) is 2. The summed E-state index contributed by atoms with van der Waals surface area (Å²) in [5.41, 5.74) is 1.14. The first-order valence-corrected chi connectivity index (χ1v) is 7.31. The van der Waals surface area contributed by atoms with Gasteiger partial charge in [0, 0.05) is 17.1 Å². The summed E-state index contributed by atoms with van der Waals surface area (Å²) in [6.45, 7) is 0.614. The van der Waals surface area contributed by atoms with Crippen LogP contribution in [-0.2, 0) is 16.1 Å². The highest BCUT2D eigenvalue weighted by molar-refractivity contribution is 9.10. The number of carbonyl (C=O) groups is 2. The minimum atomic E-state index is -1.02. The topological polar surface area (TPSA) is 69.6 Å². The predicted molar refractivity (Wildman–Crippen MR) is 78.2 cm³/mol. The second kappa shape index (κ2) is 6.85. The molecule has 5 nitrogen and oxygen atoms in total. The van der Waals surface area contributed by atoms with Crippen LogP contribution in [0.25, 0.3) is 0 Å². The van der Waals surface area contributed by atoms with Crippen LogP contribution in [0.3, 0.4) is 0 Å². The molecule has 0 saturated heterocycles. The fourth-order valence-corrected chi connectivity index (χ4v) is 2.48. The minimum Gasteiger partial charge on any atom is -0.480 e. The van der Waals surface area contributed by atoms with Crippen molar-refractivity contribution in [2.75, 3.05) is 13.1 Å². The molecule has 0 bridgehead atoms. The maximum Gasteiger partial charge on any atom is 0.322 e. The van der Waals surface area contributed by atoms with Gasteiger partial charge < -0.3 is 10.4 Å². The van der Waals surface area contributed by atoms with Gasteiger partial charge >= 0.3 is 5.97 Å². The van der Waals surface area contributed by atoms with Crippen LogP contribution in [0, 0.1) is 0 Å². The van der Waals surface area contributed by atoms with Crippen molar-refractivity contribution < 1.29 is 14.7 Å². The lowest BCUT2D eigenvalue weighted by Gasteiger charge is -2.21. The van der Waals surface area contributed by atoms with E-state index in [1.807, 2.05) is 24.3 Å². The third-order valence-corrected chi connectivity index (χ3v) is 3.61. The molecule has 0 unspecified atom stereocenters. The van der Waals surface area contributed by atoms with Crippen LogP contribution in [0.4, 0.5) is 0 Å². The zero-order chi connectivity index (χ0) is 14.5. The van der Waals surface area contributed by atoms with Gasteiger partial charge in [-0.2, -0.15) is 0 Å². The molecule has 0 aliphatic heterocycles. The fraction of sp³-hybridized carbons (Fsp3) is 0.429. The van der Waals surface area contributed by atoms with E-state index in [9.17, 15) is 9.59 Å². The fourth-order valence-electron chi connectivity index (χ4n) is 2.04. The first-order valence-electron chi connectivity index (χ1n) is 6.51. The largest absolute Gasteiger partial charge is 0.480 e. The number of hydrogen-bond acceptors (Lipinski definition) is 3. The van der Waals surface area contributed by atoms with Crippen LogP contribution in [0.2, 0.25) is 0 Å². The Morgan fingerprint density at radius 2 is 2.15 bits per heavy atom. The van der Waals surface area contributed by atoms with Gasteiger partial charge in [-0.1, -0.05) is 28.1 Å². The lowest BCUT2D eigenvalue weighted by Crippen LogP contribution is -2.40. The number of halogens is 1. The van der Waals surface area contributed by atoms with Gasteiger partial charge in [-0.15, -0.1) is 0 Å². The zero-order valence-corrected chi connectivity index (χ0v) is 12.6. The summed E-state index contributed by atoms with van der Waals surface area (Å²) in [6, 6.07) is 8.42. The van der Waals surface area contributed by atoms with Crippen molar-refractivity contribution in [1.29, 1.82) is 0 Å². The van der Waals surface area contributed by atoms with Crippen LogP contribution in [-0.4, -0.2) is 41.0 Å². The van der Waals surface area contributed by atoms with E-state index >= 15 is 0 Å². The highest BCUT2D eigenvalue weighted by Gasteiger charge is 2.30. The van der Waals surface area contributed by atoms with E-state index in [2.05, 4.69) is 26.1 Å².